The number of carbonyl (C=O) groups excluding carboxylic acids is 2. The first-order valence-electron chi connectivity index (χ1n) is 9.90. The minimum Gasteiger partial charge on any atom is -0.334 e. The van der Waals surface area contributed by atoms with E-state index in [-0.39, 0.29) is 18.3 Å². The van der Waals surface area contributed by atoms with Crippen molar-refractivity contribution in [3.8, 4) is 0 Å². The fourth-order valence-electron chi connectivity index (χ4n) is 3.32. The van der Waals surface area contributed by atoms with E-state index in [1.54, 1.807) is 35.2 Å². The molecular weight excluding hydrogens is 413 g/mol. The molecule has 0 saturated heterocycles. The summed E-state index contributed by atoms with van der Waals surface area (Å²) in [5.74, 6) is 0.0486. The quantitative estimate of drug-likeness (QED) is 0.587. The maximum Gasteiger partial charge on any atom is 0.319 e. The number of amides is 3. The van der Waals surface area contributed by atoms with Gasteiger partial charge < -0.3 is 15.5 Å². The zero-order valence-corrected chi connectivity index (χ0v) is 17.8. The summed E-state index contributed by atoms with van der Waals surface area (Å²) < 4.78 is 13.7. The molecule has 1 heterocycles. The number of halogens is 1. The van der Waals surface area contributed by atoms with Gasteiger partial charge in [-0.1, -0.05) is 48.0 Å². The Kier molecular flexibility index (Phi) is 6.23. The van der Waals surface area contributed by atoms with Gasteiger partial charge in [0.2, 0.25) is 5.91 Å². The molecule has 7 heteroatoms. The van der Waals surface area contributed by atoms with Crippen LogP contribution in [0.4, 0.5) is 20.6 Å². The van der Waals surface area contributed by atoms with Crippen LogP contribution in [-0.4, -0.2) is 17.7 Å². The Morgan fingerprint density at radius 2 is 1.87 bits per heavy atom. The predicted molar refractivity (Wildman–Crippen MR) is 122 cm³/mol. The van der Waals surface area contributed by atoms with Crippen LogP contribution < -0.4 is 15.5 Å². The highest BCUT2D eigenvalue weighted by molar-refractivity contribution is 8.00. The molecule has 1 aliphatic heterocycles. The molecule has 31 heavy (non-hydrogen) atoms. The SMILES string of the molecule is Cc1ccc(CN2C(=O)CSc3ccc(NC(=O)NCc4ccccc4F)cc32)cc1. The number of nitrogens with zero attached hydrogens (tertiary/aromatic N) is 1. The average Bonchev–Trinajstić information content (AvgIpc) is 2.76. The van der Waals surface area contributed by atoms with Crippen molar-refractivity contribution in [3.63, 3.8) is 0 Å². The molecule has 2 N–H and O–H groups in total. The molecule has 3 aromatic rings. The molecule has 3 amide bonds. The molecular formula is C24H22FN3O2S. The van der Waals surface area contributed by atoms with Gasteiger partial charge in [0, 0.05) is 22.7 Å². The van der Waals surface area contributed by atoms with Crippen LogP contribution in [0.25, 0.3) is 0 Å². The first kappa shape index (κ1) is 20.9. The zero-order chi connectivity index (χ0) is 21.8. The van der Waals surface area contributed by atoms with Gasteiger partial charge >= 0.3 is 6.03 Å². The smallest absolute Gasteiger partial charge is 0.319 e. The van der Waals surface area contributed by atoms with E-state index in [0.717, 1.165) is 21.7 Å². The molecule has 0 spiro atoms. The van der Waals surface area contributed by atoms with Crippen molar-refractivity contribution in [2.45, 2.75) is 24.9 Å². The Morgan fingerprint density at radius 1 is 1.10 bits per heavy atom. The van der Waals surface area contributed by atoms with Crippen molar-refractivity contribution in [1.82, 2.24) is 5.32 Å². The molecule has 0 aromatic heterocycles. The van der Waals surface area contributed by atoms with E-state index in [1.165, 1.54) is 17.8 Å². The summed E-state index contributed by atoms with van der Waals surface area (Å²) in [5, 5.41) is 5.43. The van der Waals surface area contributed by atoms with Crippen LogP contribution in [0, 0.1) is 12.7 Å². The van der Waals surface area contributed by atoms with E-state index in [4.69, 9.17) is 0 Å². The number of fused-ring (bicyclic) bond motifs is 1. The second-order valence-electron chi connectivity index (χ2n) is 7.34. The summed E-state index contributed by atoms with van der Waals surface area (Å²) in [6.45, 7) is 2.57. The van der Waals surface area contributed by atoms with Crippen LogP contribution >= 0.6 is 11.8 Å². The minimum absolute atomic E-state index is 0.0271. The molecule has 4 rings (SSSR count). The first-order valence-corrected chi connectivity index (χ1v) is 10.9. The summed E-state index contributed by atoms with van der Waals surface area (Å²) in [7, 11) is 0. The van der Waals surface area contributed by atoms with Crippen LogP contribution in [0.1, 0.15) is 16.7 Å². The van der Waals surface area contributed by atoms with Crippen molar-refractivity contribution >= 4 is 35.1 Å². The molecule has 0 atom stereocenters. The van der Waals surface area contributed by atoms with Gasteiger partial charge in [-0.3, -0.25) is 4.79 Å². The van der Waals surface area contributed by atoms with E-state index >= 15 is 0 Å². The molecule has 0 aliphatic carbocycles. The van der Waals surface area contributed by atoms with E-state index in [9.17, 15) is 14.0 Å². The fourth-order valence-corrected chi connectivity index (χ4v) is 4.24. The first-order chi connectivity index (χ1) is 15.0. The van der Waals surface area contributed by atoms with Gasteiger partial charge in [0.1, 0.15) is 5.82 Å². The third kappa shape index (κ3) is 5.06. The van der Waals surface area contributed by atoms with E-state index in [0.29, 0.717) is 23.5 Å². The number of nitrogens with one attached hydrogen (secondary N) is 2. The van der Waals surface area contributed by atoms with Crippen LogP contribution in [0.2, 0.25) is 0 Å². The Morgan fingerprint density at radius 3 is 2.65 bits per heavy atom. The molecule has 0 fully saturated rings. The van der Waals surface area contributed by atoms with Crippen molar-refractivity contribution in [2.24, 2.45) is 0 Å². The van der Waals surface area contributed by atoms with Crippen molar-refractivity contribution < 1.29 is 14.0 Å². The summed E-state index contributed by atoms with van der Waals surface area (Å²) in [6, 6.07) is 19.5. The summed E-state index contributed by atoms with van der Waals surface area (Å²) in [6.07, 6.45) is 0. The lowest BCUT2D eigenvalue weighted by Gasteiger charge is -2.29. The Balaban J connectivity index is 1.47. The van der Waals surface area contributed by atoms with E-state index in [2.05, 4.69) is 10.6 Å². The second-order valence-corrected chi connectivity index (χ2v) is 8.35. The lowest BCUT2D eigenvalue weighted by Crippen LogP contribution is -2.35. The molecule has 0 bridgehead atoms. The monoisotopic (exact) mass is 435 g/mol. The van der Waals surface area contributed by atoms with Crippen molar-refractivity contribution in [2.75, 3.05) is 16.0 Å². The van der Waals surface area contributed by atoms with Gasteiger partial charge in [-0.2, -0.15) is 0 Å². The molecule has 5 nitrogen and oxygen atoms in total. The number of anilines is 2. The van der Waals surface area contributed by atoms with Gasteiger partial charge in [0.15, 0.2) is 0 Å². The predicted octanol–water partition coefficient (Wildman–Crippen LogP) is 5.09. The van der Waals surface area contributed by atoms with Gasteiger partial charge in [-0.15, -0.1) is 11.8 Å². The normalized spacial score (nSPS) is 13.0. The fraction of sp³-hybridized carbons (Fsp3) is 0.167. The van der Waals surface area contributed by atoms with Crippen molar-refractivity contribution in [1.29, 1.82) is 0 Å². The Hall–Kier alpha value is -3.32. The van der Waals surface area contributed by atoms with Gasteiger partial charge in [-0.25, -0.2) is 9.18 Å². The number of carbonyl (C=O) groups is 2. The highest BCUT2D eigenvalue weighted by atomic mass is 32.2. The number of thioether (sulfide) groups is 1. The topological polar surface area (TPSA) is 61.4 Å². The van der Waals surface area contributed by atoms with Gasteiger partial charge in [0.05, 0.1) is 18.0 Å². The summed E-state index contributed by atoms with van der Waals surface area (Å²) in [4.78, 5) is 27.7. The summed E-state index contributed by atoms with van der Waals surface area (Å²) >= 11 is 1.49. The number of urea groups is 1. The number of hydrogen-bond acceptors (Lipinski definition) is 3. The van der Waals surface area contributed by atoms with Crippen LogP contribution in [0.3, 0.4) is 0 Å². The molecule has 0 radical (unpaired) electrons. The maximum atomic E-state index is 13.7. The standard InChI is InChI=1S/C24H22FN3O2S/c1-16-6-8-17(9-7-16)14-28-21-12-19(10-11-22(21)31-15-23(28)29)27-24(30)26-13-18-4-2-3-5-20(18)25/h2-12H,13-15H2,1H3,(H2,26,27,30). The largest absolute Gasteiger partial charge is 0.334 e. The number of hydrogen-bond donors (Lipinski definition) is 2. The van der Waals surface area contributed by atoms with Crippen LogP contribution in [0.5, 0.6) is 0 Å². The molecule has 1 aliphatic rings. The zero-order valence-electron chi connectivity index (χ0n) is 17.0. The second kappa shape index (κ2) is 9.22. The van der Waals surface area contributed by atoms with E-state index < -0.39 is 6.03 Å². The molecule has 0 unspecified atom stereocenters. The van der Waals surface area contributed by atoms with Crippen LogP contribution in [-0.2, 0) is 17.9 Å². The highest BCUT2D eigenvalue weighted by Crippen LogP contribution is 2.38. The van der Waals surface area contributed by atoms with Crippen molar-refractivity contribution in [3.05, 3.63) is 89.2 Å². The Bertz CT molecular complexity index is 1120. The number of rotatable bonds is 5. The summed E-state index contributed by atoms with van der Waals surface area (Å²) in [5.41, 5.74) is 3.95. The minimum atomic E-state index is -0.442. The highest BCUT2D eigenvalue weighted by Gasteiger charge is 2.25. The Labute approximate surface area is 184 Å². The molecule has 3 aromatic carbocycles. The maximum absolute atomic E-state index is 13.7. The van der Waals surface area contributed by atoms with E-state index in [1.807, 2.05) is 37.3 Å². The third-order valence-electron chi connectivity index (χ3n) is 5.02. The number of aryl methyl sites for hydroxylation is 1. The average molecular weight is 436 g/mol. The number of benzene rings is 3. The third-order valence-corrected chi connectivity index (χ3v) is 6.07. The molecule has 158 valence electrons. The molecule has 0 saturated carbocycles. The van der Waals surface area contributed by atoms with Gasteiger partial charge in [0.25, 0.3) is 0 Å². The van der Waals surface area contributed by atoms with Crippen LogP contribution in [0.15, 0.2) is 71.6 Å². The van der Waals surface area contributed by atoms with Gasteiger partial charge in [-0.05, 0) is 36.8 Å². The lowest BCUT2D eigenvalue weighted by atomic mass is 10.1. The lowest BCUT2D eigenvalue weighted by molar-refractivity contribution is -0.116.